The average Bonchev–Trinajstić information content (AvgIpc) is 2.55. The van der Waals surface area contributed by atoms with Crippen LogP contribution in [-0.2, 0) is 10.9 Å². The minimum Gasteiger partial charge on any atom is -0.462 e. The molecule has 0 fully saturated rings. The highest BCUT2D eigenvalue weighted by Gasteiger charge is 2.34. The first-order chi connectivity index (χ1) is 12.1. The minimum absolute atomic E-state index is 0.117. The Morgan fingerprint density at radius 1 is 1.19 bits per heavy atom. The number of carbonyl (C=O) groups is 2. The van der Waals surface area contributed by atoms with Crippen molar-refractivity contribution in [1.29, 1.82) is 0 Å². The Bertz CT molecular complexity index is 850. The first-order valence-electron chi connectivity index (χ1n) is 7.46. The summed E-state index contributed by atoms with van der Waals surface area (Å²) in [4.78, 5) is 27.8. The maximum Gasteiger partial charge on any atom is 0.419 e. The Balaban J connectivity index is 2.23. The first kappa shape index (κ1) is 19.4. The SMILES string of the molecule is CCOC(=O)c1ccc(C(=O)Nc2ccc(F)c(C(F)(F)F)c2)nc1C. The van der Waals surface area contributed by atoms with Crippen LogP contribution in [0.4, 0.5) is 23.2 Å². The summed E-state index contributed by atoms with van der Waals surface area (Å²) in [7, 11) is 0. The van der Waals surface area contributed by atoms with E-state index >= 15 is 0 Å². The number of benzene rings is 1. The van der Waals surface area contributed by atoms with E-state index < -0.39 is 29.4 Å². The molecule has 1 aromatic heterocycles. The van der Waals surface area contributed by atoms with E-state index in [2.05, 4.69) is 10.3 Å². The molecule has 0 atom stereocenters. The van der Waals surface area contributed by atoms with Gasteiger partial charge in [0.25, 0.3) is 5.91 Å². The molecule has 1 amide bonds. The number of rotatable bonds is 4. The van der Waals surface area contributed by atoms with Crippen molar-refractivity contribution < 1.29 is 31.9 Å². The predicted molar refractivity (Wildman–Crippen MR) is 84.3 cm³/mol. The van der Waals surface area contributed by atoms with Gasteiger partial charge in [-0.2, -0.15) is 13.2 Å². The lowest BCUT2D eigenvalue weighted by Gasteiger charge is -2.11. The van der Waals surface area contributed by atoms with Crippen LogP contribution < -0.4 is 5.32 Å². The van der Waals surface area contributed by atoms with Gasteiger partial charge in [0, 0.05) is 5.69 Å². The molecule has 1 N–H and O–H groups in total. The largest absolute Gasteiger partial charge is 0.462 e. The molecule has 1 aromatic carbocycles. The van der Waals surface area contributed by atoms with Crippen LogP contribution in [0.3, 0.4) is 0 Å². The fraction of sp³-hybridized carbons (Fsp3) is 0.235. The number of nitrogens with zero attached hydrogens (tertiary/aromatic N) is 1. The summed E-state index contributed by atoms with van der Waals surface area (Å²) in [6.45, 7) is 3.30. The zero-order valence-electron chi connectivity index (χ0n) is 13.8. The molecule has 9 heteroatoms. The Kier molecular flexibility index (Phi) is 5.59. The van der Waals surface area contributed by atoms with E-state index in [4.69, 9.17) is 4.74 Å². The second kappa shape index (κ2) is 7.51. The molecule has 138 valence electrons. The number of hydrogen-bond acceptors (Lipinski definition) is 4. The van der Waals surface area contributed by atoms with E-state index in [9.17, 15) is 27.2 Å². The monoisotopic (exact) mass is 370 g/mol. The van der Waals surface area contributed by atoms with Crippen LogP contribution in [-0.4, -0.2) is 23.5 Å². The summed E-state index contributed by atoms with van der Waals surface area (Å²) in [6.07, 6.45) is -4.89. The fourth-order valence-electron chi connectivity index (χ4n) is 2.13. The summed E-state index contributed by atoms with van der Waals surface area (Å²) < 4.78 is 56.3. The smallest absolute Gasteiger partial charge is 0.419 e. The third-order valence-corrected chi connectivity index (χ3v) is 3.34. The Labute approximate surface area is 146 Å². The van der Waals surface area contributed by atoms with Gasteiger partial charge in [0.05, 0.1) is 23.4 Å². The van der Waals surface area contributed by atoms with Gasteiger partial charge in [0.15, 0.2) is 0 Å². The Hall–Kier alpha value is -2.97. The van der Waals surface area contributed by atoms with Crippen LogP contribution in [0.1, 0.15) is 39.0 Å². The Morgan fingerprint density at radius 3 is 2.46 bits per heavy atom. The van der Waals surface area contributed by atoms with E-state index in [1.165, 1.54) is 19.1 Å². The second-order valence-corrected chi connectivity index (χ2v) is 5.20. The van der Waals surface area contributed by atoms with Crippen molar-refractivity contribution in [2.45, 2.75) is 20.0 Å². The van der Waals surface area contributed by atoms with Gasteiger partial charge in [-0.3, -0.25) is 4.79 Å². The van der Waals surface area contributed by atoms with E-state index in [0.717, 1.165) is 6.07 Å². The summed E-state index contributed by atoms with van der Waals surface area (Å²) in [5, 5.41) is 2.21. The molecule has 5 nitrogen and oxygen atoms in total. The van der Waals surface area contributed by atoms with E-state index in [1.807, 2.05) is 0 Å². The molecular formula is C17H14F4N2O3. The number of anilines is 1. The van der Waals surface area contributed by atoms with Gasteiger partial charge in [0.1, 0.15) is 11.5 Å². The van der Waals surface area contributed by atoms with Crippen molar-refractivity contribution in [2.75, 3.05) is 11.9 Å². The zero-order chi connectivity index (χ0) is 19.5. The third kappa shape index (κ3) is 4.35. The number of esters is 1. The summed E-state index contributed by atoms with van der Waals surface area (Å²) >= 11 is 0. The van der Waals surface area contributed by atoms with Gasteiger partial charge in [-0.25, -0.2) is 14.2 Å². The number of aromatic nitrogens is 1. The third-order valence-electron chi connectivity index (χ3n) is 3.34. The molecule has 0 saturated carbocycles. The summed E-state index contributed by atoms with van der Waals surface area (Å²) in [6, 6.07) is 4.68. The Morgan fingerprint density at radius 2 is 1.88 bits per heavy atom. The number of nitrogens with one attached hydrogen (secondary N) is 1. The van der Waals surface area contributed by atoms with Gasteiger partial charge in [-0.1, -0.05) is 0 Å². The van der Waals surface area contributed by atoms with Crippen LogP contribution in [0, 0.1) is 12.7 Å². The van der Waals surface area contributed by atoms with Crippen molar-refractivity contribution in [1.82, 2.24) is 4.98 Å². The van der Waals surface area contributed by atoms with Crippen LogP contribution in [0.25, 0.3) is 0 Å². The normalized spacial score (nSPS) is 11.2. The van der Waals surface area contributed by atoms with E-state index in [-0.39, 0.29) is 29.2 Å². The lowest BCUT2D eigenvalue weighted by atomic mass is 10.1. The van der Waals surface area contributed by atoms with Crippen molar-refractivity contribution in [2.24, 2.45) is 0 Å². The van der Waals surface area contributed by atoms with Gasteiger partial charge < -0.3 is 10.1 Å². The molecule has 0 aliphatic heterocycles. The fourth-order valence-corrected chi connectivity index (χ4v) is 2.13. The lowest BCUT2D eigenvalue weighted by molar-refractivity contribution is -0.139. The van der Waals surface area contributed by atoms with E-state index in [1.54, 1.807) is 6.92 Å². The highest BCUT2D eigenvalue weighted by Crippen LogP contribution is 2.33. The van der Waals surface area contributed by atoms with Crippen molar-refractivity contribution in [3.05, 3.63) is 58.7 Å². The summed E-state index contributed by atoms with van der Waals surface area (Å²) in [5.74, 6) is -2.84. The molecule has 2 aromatic rings. The van der Waals surface area contributed by atoms with Crippen LogP contribution in [0.15, 0.2) is 30.3 Å². The molecule has 1 heterocycles. The van der Waals surface area contributed by atoms with Crippen molar-refractivity contribution in [3.63, 3.8) is 0 Å². The van der Waals surface area contributed by atoms with Gasteiger partial charge in [-0.05, 0) is 44.2 Å². The van der Waals surface area contributed by atoms with Gasteiger partial charge in [0.2, 0.25) is 0 Å². The maximum atomic E-state index is 13.3. The molecule has 0 saturated heterocycles. The average molecular weight is 370 g/mol. The zero-order valence-corrected chi connectivity index (χ0v) is 13.8. The molecule has 2 rings (SSSR count). The van der Waals surface area contributed by atoms with Crippen LogP contribution >= 0.6 is 0 Å². The standard InChI is InChI=1S/C17H14F4N2O3/c1-3-26-16(25)11-5-7-14(22-9(11)2)15(24)23-10-4-6-13(18)12(8-10)17(19,20)21/h4-8H,3H2,1-2H3,(H,23,24). The molecular weight excluding hydrogens is 356 g/mol. The number of alkyl halides is 3. The first-order valence-corrected chi connectivity index (χ1v) is 7.46. The molecule has 0 radical (unpaired) electrons. The van der Waals surface area contributed by atoms with Crippen molar-refractivity contribution >= 4 is 17.6 Å². The number of hydrogen-bond donors (Lipinski definition) is 1. The van der Waals surface area contributed by atoms with Crippen LogP contribution in [0.2, 0.25) is 0 Å². The molecule has 0 spiro atoms. The minimum atomic E-state index is -4.89. The molecule has 0 bridgehead atoms. The van der Waals surface area contributed by atoms with Gasteiger partial charge in [-0.15, -0.1) is 0 Å². The number of amides is 1. The number of halogens is 4. The highest BCUT2D eigenvalue weighted by atomic mass is 19.4. The maximum absolute atomic E-state index is 13.3. The number of aryl methyl sites for hydroxylation is 1. The van der Waals surface area contributed by atoms with Crippen molar-refractivity contribution in [3.8, 4) is 0 Å². The molecule has 0 unspecified atom stereocenters. The van der Waals surface area contributed by atoms with Gasteiger partial charge >= 0.3 is 12.1 Å². The highest BCUT2D eigenvalue weighted by molar-refractivity contribution is 6.03. The summed E-state index contributed by atoms with van der Waals surface area (Å²) in [5.41, 5.74) is -1.45. The molecule has 0 aliphatic carbocycles. The second-order valence-electron chi connectivity index (χ2n) is 5.20. The topological polar surface area (TPSA) is 68.3 Å². The predicted octanol–water partition coefficient (Wildman–Crippen LogP) is 3.98. The molecule has 26 heavy (non-hydrogen) atoms. The molecule has 0 aliphatic rings. The van der Waals surface area contributed by atoms with Crippen LogP contribution in [0.5, 0.6) is 0 Å². The quantitative estimate of drug-likeness (QED) is 0.653. The number of ether oxygens (including phenoxy) is 1. The van der Waals surface area contributed by atoms with E-state index in [0.29, 0.717) is 12.1 Å². The lowest BCUT2D eigenvalue weighted by Crippen LogP contribution is -2.17. The number of carbonyl (C=O) groups excluding carboxylic acids is 2. The number of pyridine rings is 1.